The number of hydrogen-bond donors (Lipinski definition) is 1. The number of rotatable bonds is 1. The Bertz CT molecular complexity index is 1140. The first-order valence-electron chi connectivity index (χ1n) is 7.23. The number of aliphatic imine (C=N–C) groups is 1. The van der Waals surface area contributed by atoms with E-state index in [-0.39, 0.29) is 22.4 Å². The molecule has 2 aromatic rings. The van der Waals surface area contributed by atoms with E-state index >= 15 is 0 Å². The van der Waals surface area contributed by atoms with Crippen LogP contribution in [0.5, 0.6) is 0 Å². The average Bonchev–Trinajstić information content (AvgIpc) is 3.03. The second-order valence-corrected chi connectivity index (χ2v) is 7.21. The monoisotopic (exact) mass is 404 g/mol. The van der Waals surface area contributed by atoms with Crippen LogP contribution >= 0.6 is 35.3 Å². The molecule has 1 N–H and O–H groups in total. The smallest absolute Gasteiger partial charge is 0.283 e. The van der Waals surface area contributed by atoms with Crippen molar-refractivity contribution < 1.29 is 9.21 Å². The highest BCUT2D eigenvalue weighted by atomic mass is 35.5. The summed E-state index contributed by atoms with van der Waals surface area (Å²) in [6.45, 7) is 0. The number of fused-ring (bicyclic) bond motifs is 2. The van der Waals surface area contributed by atoms with Crippen LogP contribution in [-0.2, 0) is 4.79 Å². The zero-order chi connectivity index (χ0) is 18.4. The van der Waals surface area contributed by atoms with Crippen LogP contribution in [0, 0.1) is 5.41 Å². The molecule has 0 aliphatic carbocycles. The van der Waals surface area contributed by atoms with Crippen LogP contribution in [0.25, 0.3) is 17.0 Å². The van der Waals surface area contributed by atoms with Crippen molar-refractivity contribution in [1.82, 2.24) is 4.90 Å². The third kappa shape index (κ3) is 2.68. The van der Waals surface area contributed by atoms with E-state index in [2.05, 4.69) is 9.39 Å². The first-order chi connectivity index (χ1) is 12.5. The SMILES string of the molecule is CSC1=NSC2=NC(=O)/C(=C/c3coc4ccc(Cl)cc4c3=O)C(=N)N12. The van der Waals surface area contributed by atoms with Crippen LogP contribution in [0.2, 0.25) is 5.02 Å². The van der Waals surface area contributed by atoms with E-state index in [1.807, 2.05) is 6.26 Å². The molecule has 4 rings (SSSR count). The molecule has 1 amide bonds. The number of nitrogens with zero attached hydrogens (tertiary/aromatic N) is 3. The van der Waals surface area contributed by atoms with Gasteiger partial charge in [-0.3, -0.25) is 15.0 Å². The fourth-order valence-electron chi connectivity index (χ4n) is 2.51. The third-order valence-electron chi connectivity index (χ3n) is 3.74. The minimum absolute atomic E-state index is 0.00771. The van der Waals surface area contributed by atoms with Crippen molar-refractivity contribution in [2.45, 2.75) is 0 Å². The van der Waals surface area contributed by atoms with E-state index in [4.69, 9.17) is 21.4 Å². The zero-order valence-electron chi connectivity index (χ0n) is 13.1. The Labute approximate surface area is 160 Å². The molecule has 0 unspecified atom stereocenters. The molecule has 1 aromatic heterocycles. The predicted octanol–water partition coefficient (Wildman–Crippen LogP) is 3.39. The summed E-state index contributed by atoms with van der Waals surface area (Å²) < 4.78 is 9.62. The van der Waals surface area contributed by atoms with Crippen molar-refractivity contribution in [3.63, 3.8) is 0 Å². The van der Waals surface area contributed by atoms with Gasteiger partial charge in [-0.25, -0.2) is 4.90 Å². The second-order valence-electron chi connectivity index (χ2n) is 5.27. The zero-order valence-corrected chi connectivity index (χ0v) is 15.5. The minimum atomic E-state index is -0.600. The highest BCUT2D eigenvalue weighted by Crippen LogP contribution is 2.31. The van der Waals surface area contributed by atoms with Crippen LogP contribution in [0.1, 0.15) is 5.56 Å². The first-order valence-corrected chi connectivity index (χ1v) is 9.61. The van der Waals surface area contributed by atoms with Crippen LogP contribution in [0.15, 0.2) is 48.6 Å². The van der Waals surface area contributed by atoms with Crippen LogP contribution in [0.3, 0.4) is 0 Å². The topological polar surface area (TPSA) is 99.1 Å². The number of thioether (sulfide) groups is 1. The normalized spacial score (nSPS) is 18.4. The fourth-order valence-corrected chi connectivity index (χ4v) is 4.13. The third-order valence-corrected chi connectivity index (χ3v) is 5.43. The Morgan fingerprint density at radius 1 is 1.38 bits per heavy atom. The van der Waals surface area contributed by atoms with Gasteiger partial charge in [0.1, 0.15) is 17.7 Å². The van der Waals surface area contributed by atoms with Gasteiger partial charge in [0.05, 0.1) is 28.5 Å². The summed E-state index contributed by atoms with van der Waals surface area (Å²) in [6.07, 6.45) is 4.39. The van der Waals surface area contributed by atoms with E-state index in [0.717, 1.165) is 11.9 Å². The van der Waals surface area contributed by atoms with E-state index in [0.29, 0.717) is 26.3 Å². The van der Waals surface area contributed by atoms with Gasteiger partial charge in [0.2, 0.25) is 5.17 Å². The number of amides is 1. The lowest BCUT2D eigenvalue weighted by Gasteiger charge is -2.23. The van der Waals surface area contributed by atoms with Gasteiger partial charge in [-0.1, -0.05) is 23.4 Å². The van der Waals surface area contributed by atoms with Crippen LogP contribution in [0.4, 0.5) is 0 Å². The van der Waals surface area contributed by atoms with Crippen molar-refractivity contribution in [2.24, 2.45) is 9.39 Å². The Balaban J connectivity index is 1.84. The Morgan fingerprint density at radius 3 is 2.96 bits per heavy atom. The number of amidine groups is 3. The van der Waals surface area contributed by atoms with Crippen molar-refractivity contribution in [1.29, 1.82) is 5.41 Å². The average molecular weight is 405 g/mol. The summed E-state index contributed by atoms with van der Waals surface area (Å²) in [7, 11) is 0. The Kier molecular flexibility index (Phi) is 4.22. The summed E-state index contributed by atoms with van der Waals surface area (Å²) in [5.41, 5.74) is 0.179. The number of nitrogens with one attached hydrogen (secondary N) is 1. The van der Waals surface area contributed by atoms with Gasteiger partial charge in [0, 0.05) is 5.02 Å². The van der Waals surface area contributed by atoms with Crippen molar-refractivity contribution >= 4 is 74.4 Å². The quantitative estimate of drug-likeness (QED) is 0.577. The number of halogens is 1. The van der Waals surface area contributed by atoms with Crippen molar-refractivity contribution in [3.8, 4) is 0 Å². The molecule has 0 radical (unpaired) electrons. The molecule has 10 heteroatoms. The molecule has 0 atom stereocenters. The van der Waals surface area contributed by atoms with Crippen LogP contribution < -0.4 is 5.43 Å². The molecule has 0 spiro atoms. The molecule has 26 heavy (non-hydrogen) atoms. The molecule has 1 aromatic carbocycles. The summed E-state index contributed by atoms with van der Waals surface area (Å²) in [5, 5.41) is 9.93. The summed E-state index contributed by atoms with van der Waals surface area (Å²) in [4.78, 5) is 30.4. The number of carbonyl (C=O) groups excluding carboxylic acids is 1. The number of hydrogen-bond acceptors (Lipinski definition) is 7. The maximum atomic E-state index is 12.7. The highest BCUT2D eigenvalue weighted by Gasteiger charge is 2.37. The fraction of sp³-hybridized carbons (Fsp3) is 0.0625. The maximum Gasteiger partial charge on any atom is 0.283 e. The highest BCUT2D eigenvalue weighted by molar-refractivity contribution is 8.18. The molecule has 7 nitrogen and oxygen atoms in total. The molecule has 0 fully saturated rings. The lowest BCUT2D eigenvalue weighted by Crippen LogP contribution is -2.41. The summed E-state index contributed by atoms with van der Waals surface area (Å²) in [6, 6.07) is 4.73. The van der Waals surface area contributed by atoms with Gasteiger partial charge in [-0.15, -0.1) is 0 Å². The molecular weight excluding hydrogens is 396 g/mol. The lowest BCUT2D eigenvalue weighted by molar-refractivity contribution is -0.114. The molecule has 0 bridgehead atoms. The lowest BCUT2D eigenvalue weighted by atomic mass is 10.1. The molecule has 2 aliphatic rings. The molecule has 2 aliphatic heterocycles. The molecular formula is C16H9ClN4O3S2. The van der Waals surface area contributed by atoms with Crippen molar-refractivity contribution in [2.75, 3.05) is 6.26 Å². The van der Waals surface area contributed by atoms with E-state index in [9.17, 15) is 9.59 Å². The predicted molar refractivity (Wildman–Crippen MR) is 106 cm³/mol. The number of carbonyl (C=O) groups is 1. The van der Waals surface area contributed by atoms with Crippen LogP contribution in [-0.4, -0.2) is 33.2 Å². The second kappa shape index (κ2) is 6.42. The molecule has 3 heterocycles. The van der Waals surface area contributed by atoms with E-state index < -0.39 is 5.91 Å². The number of benzene rings is 1. The van der Waals surface area contributed by atoms with Gasteiger partial charge in [0.15, 0.2) is 10.6 Å². The Morgan fingerprint density at radius 2 is 2.19 bits per heavy atom. The summed E-state index contributed by atoms with van der Waals surface area (Å²) in [5.74, 6) is -0.680. The van der Waals surface area contributed by atoms with Gasteiger partial charge in [-0.05, 0) is 30.5 Å². The van der Waals surface area contributed by atoms with E-state index in [1.165, 1.54) is 35.1 Å². The van der Waals surface area contributed by atoms with Gasteiger partial charge in [-0.2, -0.15) is 9.39 Å². The van der Waals surface area contributed by atoms with Gasteiger partial charge < -0.3 is 4.42 Å². The summed E-state index contributed by atoms with van der Waals surface area (Å²) >= 11 is 8.33. The molecule has 130 valence electrons. The largest absolute Gasteiger partial charge is 0.463 e. The maximum absolute atomic E-state index is 12.7. The van der Waals surface area contributed by atoms with Gasteiger partial charge in [0.25, 0.3) is 5.91 Å². The van der Waals surface area contributed by atoms with Gasteiger partial charge >= 0.3 is 0 Å². The standard InChI is InChI=1S/C16H9ClN4O3S2/c1-25-16-20-26-15-19-14(23)10(13(18)21(15)16)4-7-6-24-11-3-2-8(17)5-9(11)12(7)22/h2-6,18H,1H3/b10-4+,18-13?. The first kappa shape index (κ1) is 17.1. The van der Waals surface area contributed by atoms with Crippen molar-refractivity contribution in [3.05, 3.63) is 50.8 Å². The molecule has 0 saturated heterocycles. The minimum Gasteiger partial charge on any atom is -0.463 e. The molecule has 0 saturated carbocycles. The van der Waals surface area contributed by atoms with E-state index in [1.54, 1.807) is 12.1 Å². The Hall–Kier alpha value is -2.36.